The Balaban J connectivity index is 3.18. The molecule has 0 atom stereocenters. The van der Waals surface area contributed by atoms with Crippen molar-refractivity contribution in [2.75, 3.05) is 13.2 Å². The average molecular weight is 679 g/mol. The fraction of sp³-hybridized carbons (Fsp3) is 0.955. The maximum atomic E-state index is 11.9. The zero-order valence-electron chi connectivity index (χ0n) is 32.9. The van der Waals surface area contributed by atoms with Gasteiger partial charge in [-0.2, -0.15) is 0 Å². The molecule has 0 aromatic rings. The number of unbranched alkanes of at least 4 members (excludes halogenated alkanes) is 33. The van der Waals surface area contributed by atoms with E-state index in [1.807, 2.05) is 0 Å². The second-order valence-corrected chi connectivity index (χ2v) is 15.0. The summed E-state index contributed by atoms with van der Waals surface area (Å²) < 4.78 is 10.9. The van der Waals surface area contributed by atoms with Gasteiger partial charge in [-0.25, -0.2) is 0 Å². The van der Waals surface area contributed by atoms with Crippen molar-refractivity contribution in [2.24, 2.45) is 0 Å². The van der Waals surface area contributed by atoms with E-state index in [-0.39, 0.29) is 11.9 Å². The zero-order valence-corrected chi connectivity index (χ0v) is 32.9. The standard InChI is InChI=1S/C44H86O4/c1-3-5-7-9-11-13-23-27-31-35-39-43(45)47-41-37-33-29-25-21-19-17-15-16-18-20-22-26-30-34-38-42-48-44(46)40-36-32-28-24-14-12-10-8-6-4-2/h3-42H2,1-2H3. The van der Waals surface area contributed by atoms with Crippen LogP contribution < -0.4 is 0 Å². The minimum atomic E-state index is 0.0128. The molecule has 48 heavy (non-hydrogen) atoms. The molecular formula is C44H86O4. The highest BCUT2D eigenvalue weighted by atomic mass is 16.5. The van der Waals surface area contributed by atoms with Gasteiger partial charge in [0.15, 0.2) is 0 Å². The molecule has 0 bridgehead atoms. The van der Waals surface area contributed by atoms with Crippen molar-refractivity contribution in [3.8, 4) is 0 Å². The molecule has 0 aromatic heterocycles. The van der Waals surface area contributed by atoms with Crippen LogP contribution in [0.4, 0.5) is 0 Å². The number of carbonyl (C=O) groups is 2. The first kappa shape index (κ1) is 46.9. The van der Waals surface area contributed by atoms with Crippen LogP contribution in [0.1, 0.15) is 258 Å². The Bertz CT molecular complexity index is 579. The highest BCUT2D eigenvalue weighted by molar-refractivity contribution is 5.69. The molecule has 0 N–H and O–H groups in total. The second-order valence-electron chi connectivity index (χ2n) is 15.0. The summed E-state index contributed by atoms with van der Waals surface area (Å²) in [7, 11) is 0. The normalized spacial score (nSPS) is 11.3. The summed E-state index contributed by atoms with van der Waals surface area (Å²) in [6.45, 7) is 5.77. The van der Waals surface area contributed by atoms with E-state index in [0.717, 1.165) is 25.7 Å². The van der Waals surface area contributed by atoms with Gasteiger partial charge in [0.25, 0.3) is 0 Å². The Morgan fingerprint density at radius 3 is 0.688 bits per heavy atom. The molecule has 286 valence electrons. The van der Waals surface area contributed by atoms with E-state index in [1.165, 1.54) is 205 Å². The SMILES string of the molecule is CCCCCCCCCCCCC(=O)OCCCCCCCCCCCCCCCCCCOC(=O)CCCCCCCCCCCC. The number of rotatable bonds is 41. The molecule has 0 spiro atoms. The summed E-state index contributed by atoms with van der Waals surface area (Å²) >= 11 is 0. The third-order valence-corrected chi connectivity index (χ3v) is 10.0. The van der Waals surface area contributed by atoms with Crippen molar-refractivity contribution in [3.05, 3.63) is 0 Å². The Labute approximate surface area is 301 Å². The van der Waals surface area contributed by atoms with Crippen LogP contribution in [0.2, 0.25) is 0 Å². The molecule has 0 radical (unpaired) electrons. The third kappa shape index (κ3) is 41.1. The van der Waals surface area contributed by atoms with Crippen molar-refractivity contribution in [2.45, 2.75) is 258 Å². The summed E-state index contributed by atoms with van der Waals surface area (Å²) in [4.78, 5) is 23.8. The molecule has 0 aromatic carbocycles. The van der Waals surface area contributed by atoms with Crippen LogP contribution in [0.3, 0.4) is 0 Å². The Morgan fingerprint density at radius 2 is 0.458 bits per heavy atom. The van der Waals surface area contributed by atoms with Crippen LogP contribution >= 0.6 is 0 Å². The van der Waals surface area contributed by atoms with Gasteiger partial charge in [-0.15, -0.1) is 0 Å². The number of hydrogen-bond donors (Lipinski definition) is 0. The van der Waals surface area contributed by atoms with E-state index < -0.39 is 0 Å². The first-order valence-electron chi connectivity index (χ1n) is 22.0. The molecule has 0 heterocycles. The number of carbonyl (C=O) groups excluding carboxylic acids is 2. The molecule has 0 aliphatic rings. The van der Waals surface area contributed by atoms with Gasteiger partial charge in [0.05, 0.1) is 13.2 Å². The number of esters is 2. The molecule has 0 rings (SSSR count). The lowest BCUT2D eigenvalue weighted by Crippen LogP contribution is -2.05. The highest BCUT2D eigenvalue weighted by Gasteiger charge is 2.04. The smallest absolute Gasteiger partial charge is 0.305 e. The number of ether oxygens (including phenoxy) is 2. The maximum Gasteiger partial charge on any atom is 0.305 e. The molecule has 0 aliphatic carbocycles. The molecule has 4 nitrogen and oxygen atoms in total. The first-order chi connectivity index (χ1) is 23.7. The van der Waals surface area contributed by atoms with Crippen LogP contribution in [0, 0.1) is 0 Å². The Kier molecular flexibility index (Phi) is 41.2. The van der Waals surface area contributed by atoms with Crippen molar-refractivity contribution in [1.29, 1.82) is 0 Å². The van der Waals surface area contributed by atoms with Crippen LogP contribution in [-0.2, 0) is 19.1 Å². The van der Waals surface area contributed by atoms with Gasteiger partial charge in [-0.1, -0.05) is 219 Å². The van der Waals surface area contributed by atoms with Gasteiger partial charge >= 0.3 is 11.9 Å². The molecule has 0 aliphatic heterocycles. The second kappa shape index (κ2) is 42.1. The summed E-state index contributed by atoms with van der Waals surface area (Å²) in [5.41, 5.74) is 0. The fourth-order valence-corrected chi connectivity index (χ4v) is 6.71. The van der Waals surface area contributed by atoms with Crippen LogP contribution in [0.15, 0.2) is 0 Å². The summed E-state index contributed by atoms with van der Waals surface area (Å²) in [6, 6.07) is 0. The van der Waals surface area contributed by atoms with Gasteiger partial charge in [0.1, 0.15) is 0 Å². The van der Waals surface area contributed by atoms with E-state index in [1.54, 1.807) is 0 Å². The van der Waals surface area contributed by atoms with Gasteiger partial charge in [0.2, 0.25) is 0 Å². The Hall–Kier alpha value is -1.06. The molecule has 0 amide bonds. The fourth-order valence-electron chi connectivity index (χ4n) is 6.71. The van der Waals surface area contributed by atoms with Crippen molar-refractivity contribution >= 4 is 11.9 Å². The zero-order chi connectivity index (χ0) is 34.9. The summed E-state index contributed by atoms with van der Waals surface area (Å²) in [5, 5.41) is 0. The summed E-state index contributed by atoms with van der Waals surface area (Å²) in [6.07, 6.45) is 47.8. The van der Waals surface area contributed by atoms with Crippen molar-refractivity contribution in [3.63, 3.8) is 0 Å². The lowest BCUT2D eigenvalue weighted by atomic mass is 10.0. The van der Waals surface area contributed by atoms with Crippen molar-refractivity contribution < 1.29 is 19.1 Å². The monoisotopic (exact) mass is 679 g/mol. The van der Waals surface area contributed by atoms with Crippen LogP contribution in [0.5, 0.6) is 0 Å². The van der Waals surface area contributed by atoms with Crippen LogP contribution in [-0.4, -0.2) is 25.2 Å². The predicted octanol–water partition coefficient (Wildman–Crippen LogP) is 14.9. The molecule has 0 fully saturated rings. The van der Waals surface area contributed by atoms with Gasteiger partial charge < -0.3 is 9.47 Å². The predicted molar refractivity (Wildman–Crippen MR) is 209 cm³/mol. The van der Waals surface area contributed by atoms with Gasteiger partial charge in [0, 0.05) is 12.8 Å². The molecule has 0 saturated heterocycles. The molecule has 0 unspecified atom stereocenters. The quantitative estimate of drug-likeness (QED) is 0.0477. The maximum absolute atomic E-state index is 11.9. The summed E-state index contributed by atoms with van der Waals surface area (Å²) in [5.74, 6) is 0.0256. The molecule has 0 saturated carbocycles. The van der Waals surface area contributed by atoms with E-state index in [4.69, 9.17) is 9.47 Å². The lowest BCUT2D eigenvalue weighted by Gasteiger charge is -2.06. The minimum Gasteiger partial charge on any atom is -0.466 e. The van der Waals surface area contributed by atoms with Crippen LogP contribution in [0.25, 0.3) is 0 Å². The highest BCUT2D eigenvalue weighted by Crippen LogP contribution is 2.15. The van der Waals surface area contributed by atoms with Crippen molar-refractivity contribution in [1.82, 2.24) is 0 Å². The largest absolute Gasteiger partial charge is 0.466 e. The van der Waals surface area contributed by atoms with Gasteiger partial charge in [-0.3, -0.25) is 9.59 Å². The molecule has 4 heteroatoms. The van der Waals surface area contributed by atoms with Gasteiger partial charge in [-0.05, 0) is 25.7 Å². The van der Waals surface area contributed by atoms with E-state index >= 15 is 0 Å². The molecular weight excluding hydrogens is 592 g/mol. The lowest BCUT2D eigenvalue weighted by molar-refractivity contribution is -0.144. The number of hydrogen-bond acceptors (Lipinski definition) is 4. The van der Waals surface area contributed by atoms with E-state index in [0.29, 0.717) is 26.1 Å². The minimum absolute atomic E-state index is 0.0128. The van der Waals surface area contributed by atoms with E-state index in [2.05, 4.69) is 13.8 Å². The van der Waals surface area contributed by atoms with E-state index in [9.17, 15) is 9.59 Å². The topological polar surface area (TPSA) is 52.6 Å². The third-order valence-electron chi connectivity index (χ3n) is 10.0. The Morgan fingerprint density at radius 1 is 0.271 bits per heavy atom. The average Bonchev–Trinajstić information content (AvgIpc) is 3.09. The first-order valence-corrected chi connectivity index (χ1v) is 22.0.